The Kier molecular flexibility index (Phi) is 7.68. The zero-order chi connectivity index (χ0) is 12.0. The van der Waals surface area contributed by atoms with Gasteiger partial charge in [-0.2, -0.15) is 0 Å². The molecule has 2 N–H and O–H groups in total. The van der Waals surface area contributed by atoms with E-state index >= 15 is 0 Å². The van der Waals surface area contributed by atoms with Gasteiger partial charge in [0.15, 0.2) is 0 Å². The van der Waals surface area contributed by atoms with Crippen molar-refractivity contribution in [3.05, 3.63) is 42.5 Å². The zero-order valence-corrected chi connectivity index (χ0v) is 11.4. The van der Waals surface area contributed by atoms with Crippen LogP contribution in [-0.4, -0.2) is 6.10 Å². The first-order chi connectivity index (χ1) is 7.63. The number of ether oxygens (including phenoxy) is 1. The summed E-state index contributed by atoms with van der Waals surface area (Å²) in [5.74, 6) is 0.898. The second-order valence-corrected chi connectivity index (χ2v) is 4.21. The highest BCUT2D eigenvalue weighted by atomic mass is 35.5. The van der Waals surface area contributed by atoms with Gasteiger partial charge in [-0.15, -0.1) is 19.0 Å². The number of halogens is 1. The second kappa shape index (κ2) is 8.15. The van der Waals surface area contributed by atoms with Crippen molar-refractivity contribution in [3.63, 3.8) is 0 Å². The molecule has 1 aromatic rings. The topological polar surface area (TPSA) is 35.2 Å². The molecule has 96 valence electrons. The lowest BCUT2D eigenvalue weighted by Gasteiger charge is -2.13. The van der Waals surface area contributed by atoms with Gasteiger partial charge in [0, 0.05) is 6.04 Å². The van der Waals surface area contributed by atoms with E-state index in [0.29, 0.717) is 0 Å². The van der Waals surface area contributed by atoms with E-state index in [0.717, 1.165) is 24.2 Å². The molecule has 0 radical (unpaired) electrons. The third-order valence-electron chi connectivity index (χ3n) is 2.36. The second-order valence-electron chi connectivity index (χ2n) is 4.21. The highest BCUT2D eigenvalue weighted by Crippen LogP contribution is 2.20. The molecule has 1 aromatic carbocycles. The Balaban J connectivity index is 0.00000256. The largest absolute Gasteiger partial charge is 0.491 e. The molecule has 0 spiro atoms. The van der Waals surface area contributed by atoms with Gasteiger partial charge in [0.2, 0.25) is 0 Å². The standard InChI is InChI=1S/C14H21NO.ClH/c1-4-5-6-14(15)12-7-9-13(10-8-12)16-11(2)3;/h4,7-11,14H,1,5-6,15H2,2-3H3;1H/t14-;/m0./s1. The molecular weight excluding hydrogens is 234 g/mol. The molecule has 0 unspecified atom stereocenters. The first-order valence-electron chi connectivity index (χ1n) is 5.76. The number of benzene rings is 1. The molecule has 0 heterocycles. The lowest BCUT2D eigenvalue weighted by Crippen LogP contribution is -2.10. The highest BCUT2D eigenvalue weighted by Gasteiger charge is 2.05. The minimum absolute atomic E-state index is 0. The van der Waals surface area contributed by atoms with Crippen molar-refractivity contribution >= 4 is 12.4 Å². The minimum atomic E-state index is 0. The van der Waals surface area contributed by atoms with E-state index in [1.54, 1.807) is 0 Å². The zero-order valence-electron chi connectivity index (χ0n) is 10.6. The monoisotopic (exact) mass is 255 g/mol. The molecule has 17 heavy (non-hydrogen) atoms. The number of nitrogens with two attached hydrogens (primary N) is 1. The number of allylic oxidation sites excluding steroid dienone is 1. The molecule has 0 saturated carbocycles. The van der Waals surface area contributed by atoms with Crippen molar-refractivity contribution in [1.29, 1.82) is 0 Å². The fourth-order valence-corrected chi connectivity index (χ4v) is 1.53. The average Bonchev–Trinajstić information content (AvgIpc) is 2.26. The van der Waals surface area contributed by atoms with Crippen LogP contribution in [0, 0.1) is 0 Å². The van der Waals surface area contributed by atoms with Gasteiger partial charge in [0.05, 0.1) is 6.10 Å². The van der Waals surface area contributed by atoms with E-state index in [9.17, 15) is 0 Å². The van der Waals surface area contributed by atoms with E-state index in [1.165, 1.54) is 0 Å². The van der Waals surface area contributed by atoms with Crippen LogP contribution in [0.4, 0.5) is 0 Å². The first-order valence-corrected chi connectivity index (χ1v) is 5.76. The van der Waals surface area contributed by atoms with E-state index in [4.69, 9.17) is 10.5 Å². The molecule has 0 aliphatic heterocycles. The van der Waals surface area contributed by atoms with E-state index < -0.39 is 0 Å². The van der Waals surface area contributed by atoms with Crippen LogP contribution < -0.4 is 10.5 Å². The lowest BCUT2D eigenvalue weighted by molar-refractivity contribution is 0.242. The van der Waals surface area contributed by atoms with E-state index in [-0.39, 0.29) is 24.6 Å². The quantitative estimate of drug-likeness (QED) is 0.784. The Bertz CT molecular complexity index is 321. The molecule has 3 heteroatoms. The van der Waals surface area contributed by atoms with Crippen LogP contribution in [0.5, 0.6) is 5.75 Å². The van der Waals surface area contributed by atoms with E-state index in [2.05, 4.69) is 6.58 Å². The van der Waals surface area contributed by atoms with Crippen LogP contribution >= 0.6 is 12.4 Å². The fourth-order valence-electron chi connectivity index (χ4n) is 1.53. The van der Waals surface area contributed by atoms with Crippen molar-refractivity contribution < 1.29 is 4.74 Å². The molecule has 0 aliphatic carbocycles. The normalized spacial score (nSPS) is 11.8. The summed E-state index contributed by atoms with van der Waals surface area (Å²) in [5, 5.41) is 0. The van der Waals surface area contributed by atoms with Gasteiger partial charge in [0.1, 0.15) is 5.75 Å². The van der Waals surface area contributed by atoms with Crippen LogP contribution in [0.25, 0.3) is 0 Å². The molecule has 0 aliphatic rings. The van der Waals surface area contributed by atoms with Gasteiger partial charge < -0.3 is 10.5 Å². The summed E-state index contributed by atoms with van der Waals surface area (Å²) in [6.45, 7) is 7.73. The first kappa shape index (κ1) is 16.0. The van der Waals surface area contributed by atoms with Crippen LogP contribution in [0.1, 0.15) is 38.3 Å². The Labute approximate surface area is 110 Å². The summed E-state index contributed by atoms with van der Waals surface area (Å²) in [5.41, 5.74) is 7.19. The molecule has 2 nitrogen and oxygen atoms in total. The van der Waals surface area contributed by atoms with Gasteiger partial charge in [-0.3, -0.25) is 0 Å². The summed E-state index contributed by atoms with van der Waals surface area (Å²) >= 11 is 0. The Hall–Kier alpha value is -0.990. The van der Waals surface area contributed by atoms with Crippen LogP contribution in [0.15, 0.2) is 36.9 Å². The maximum Gasteiger partial charge on any atom is 0.119 e. The predicted octanol–water partition coefficient (Wildman–Crippen LogP) is 3.86. The van der Waals surface area contributed by atoms with Gasteiger partial charge in [-0.25, -0.2) is 0 Å². The molecule has 0 amide bonds. The molecular formula is C14H22ClNO. The van der Waals surface area contributed by atoms with Gasteiger partial charge in [-0.05, 0) is 44.4 Å². The number of rotatable bonds is 6. The maximum atomic E-state index is 6.04. The van der Waals surface area contributed by atoms with Crippen molar-refractivity contribution in [3.8, 4) is 5.75 Å². The maximum absolute atomic E-state index is 6.04. The van der Waals surface area contributed by atoms with Crippen molar-refractivity contribution in [2.45, 2.75) is 38.8 Å². The van der Waals surface area contributed by atoms with Crippen LogP contribution in [0.2, 0.25) is 0 Å². The summed E-state index contributed by atoms with van der Waals surface area (Å²) in [6, 6.07) is 8.11. The van der Waals surface area contributed by atoms with Crippen molar-refractivity contribution in [2.24, 2.45) is 5.73 Å². The summed E-state index contributed by atoms with van der Waals surface area (Å²) in [7, 11) is 0. The SMILES string of the molecule is C=CCC[C@H](N)c1ccc(OC(C)C)cc1.Cl. The number of hydrogen-bond donors (Lipinski definition) is 1. The molecule has 0 saturated heterocycles. The van der Waals surface area contributed by atoms with Gasteiger partial charge in [0.25, 0.3) is 0 Å². The third-order valence-corrected chi connectivity index (χ3v) is 2.36. The Morgan fingerprint density at radius 1 is 1.29 bits per heavy atom. The molecule has 0 bridgehead atoms. The Morgan fingerprint density at radius 3 is 2.35 bits per heavy atom. The van der Waals surface area contributed by atoms with E-state index in [1.807, 2.05) is 44.2 Å². The fraction of sp³-hybridized carbons (Fsp3) is 0.429. The van der Waals surface area contributed by atoms with Crippen molar-refractivity contribution in [1.82, 2.24) is 0 Å². The molecule has 1 atom stereocenters. The number of hydrogen-bond acceptors (Lipinski definition) is 2. The molecule has 0 aromatic heterocycles. The van der Waals surface area contributed by atoms with Crippen LogP contribution in [-0.2, 0) is 0 Å². The minimum Gasteiger partial charge on any atom is -0.491 e. The van der Waals surface area contributed by atoms with Crippen LogP contribution in [0.3, 0.4) is 0 Å². The lowest BCUT2D eigenvalue weighted by atomic mass is 10.0. The summed E-state index contributed by atoms with van der Waals surface area (Å²) in [4.78, 5) is 0. The van der Waals surface area contributed by atoms with Gasteiger partial charge in [-0.1, -0.05) is 18.2 Å². The van der Waals surface area contributed by atoms with Crippen molar-refractivity contribution in [2.75, 3.05) is 0 Å². The summed E-state index contributed by atoms with van der Waals surface area (Å²) < 4.78 is 5.57. The smallest absolute Gasteiger partial charge is 0.119 e. The highest BCUT2D eigenvalue weighted by molar-refractivity contribution is 5.85. The third kappa shape index (κ3) is 5.76. The predicted molar refractivity (Wildman–Crippen MR) is 75.8 cm³/mol. The molecule has 1 rings (SSSR count). The van der Waals surface area contributed by atoms with Gasteiger partial charge >= 0.3 is 0 Å². The Morgan fingerprint density at radius 2 is 1.88 bits per heavy atom. The molecule has 0 fully saturated rings. The summed E-state index contributed by atoms with van der Waals surface area (Å²) in [6.07, 6.45) is 4.00. The average molecular weight is 256 g/mol.